The molecule has 0 spiro atoms. The normalized spacial score (nSPS) is 11.0. The molecule has 0 aliphatic heterocycles. The Bertz CT molecular complexity index is 788. The number of amides is 1. The van der Waals surface area contributed by atoms with Crippen LogP contribution in [-0.2, 0) is 0 Å². The van der Waals surface area contributed by atoms with Gasteiger partial charge in [-0.1, -0.05) is 35.9 Å². The van der Waals surface area contributed by atoms with Crippen LogP contribution in [0.1, 0.15) is 15.9 Å². The van der Waals surface area contributed by atoms with Crippen LogP contribution in [0.15, 0.2) is 59.7 Å². The molecule has 7 heteroatoms. The van der Waals surface area contributed by atoms with Crippen molar-refractivity contribution in [2.75, 3.05) is 0 Å². The van der Waals surface area contributed by atoms with Gasteiger partial charge in [-0.05, 0) is 30.4 Å². The van der Waals surface area contributed by atoms with Crippen LogP contribution in [0.2, 0.25) is 5.02 Å². The van der Waals surface area contributed by atoms with Crippen molar-refractivity contribution < 1.29 is 9.72 Å². The number of allylic oxidation sites excluding steroid dienone is 1. The van der Waals surface area contributed by atoms with Crippen molar-refractivity contribution in [3.05, 3.63) is 80.9 Å². The first-order valence-corrected chi connectivity index (χ1v) is 6.95. The highest BCUT2D eigenvalue weighted by Gasteiger charge is 2.09. The largest absolute Gasteiger partial charge is 0.276 e. The van der Waals surface area contributed by atoms with Crippen LogP contribution in [0.3, 0.4) is 0 Å². The maximum atomic E-state index is 11.8. The maximum Gasteiger partial charge on any atom is 0.276 e. The average molecular weight is 330 g/mol. The average Bonchev–Trinajstić information content (AvgIpc) is 2.55. The Morgan fingerprint density at radius 2 is 1.87 bits per heavy atom. The van der Waals surface area contributed by atoms with Crippen LogP contribution < -0.4 is 5.43 Å². The van der Waals surface area contributed by atoms with Gasteiger partial charge in [0.05, 0.1) is 21.1 Å². The molecule has 1 amide bonds. The SMILES string of the molecule is O=C(N/N=C/C=C/c1ccccc1[N+](=O)[O-])c1ccccc1Cl. The van der Waals surface area contributed by atoms with Crippen LogP contribution in [0.5, 0.6) is 0 Å². The summed E-state index contributed by atoms with van der Waals surface area (Å²) in [4.78, 5) is 22.2. The van der Waals surface area contributed by atoms with E-state index in [0.717, 1.165) is 0 Å². The Balaban J connectivity index is 1.99. The topological polar surface area (TPSA) is 84.6 Å². The molecule has 23 heavy (non-hydrogen) atoms. The number of carbonyl (C=O) groups is 1. The van der Waals surface area contributed by atoms with E-state index in [1.165, 1.54) is 24.4 Å². The van der Waals surface area contributed by atoms with Crippen LogP contribution in [0, 0.1) is 10.1 Å². The predicted molar refractivity (Wildman–Crippen MR) is 89.5 cm³/mol. The number of hydrogen-bond donors (Lipinski definition) is 1. The summed E-state index contributed by atoms with van der Waals surface area (Å²) < 4.78 is 0. The first-order chi connectivity index (χ1) is 11.1. The van der Waals surface area contributed by atoms with Gasteiger partial charge in [0, 0.05) is 12.3 Å². The third kappa shape index (κ3) is 4.49. The zero-order valence-electron chi connectivity index (χ0n) is 11.8. The number of nitro benzene ring substituents is 1. The fourth-order valence-electron chi connectivity index (χ4n) is 1.79. The minimum atomic E-state index is -0.462. The molecule has 2 rings (SSSR count). The van der Waals surface area contributed by atoms with Crippen molar-refractivity contribution in [3.63, 3.8) is 0 Å². The minimum Gasteiger partial charge on any atom is -0.267 e. The Morgan fingerprint density at radius 3 is 2.61 bits per heavy atom. The lowest BCUT2D eigenvalue weighted by Crippen LogP contribution is -2.17. The molecular formula is C16H12ClN3O3. The highest BCUT2D eigenvalue weighted by Crippen LogP contribution is 2.18. The standard InChI is InChI=1S/C16H12ClN3O3/c17-14-9-3-2-8-13(14)16(21)19-18-11-5-7-12-6-1-4-10-15(12)20(22)23/h1-11H,(H,19,21)/b7-5+,18-11+. The fourth-order valence-corrected chi connectivity index (χ4v) is 2.01. The summed E-state index contributed by atoms with van der Waals surface area (Å²) in [6.45, 7) is 0. The molecule has 2 aromatic rings. The molecule has 6 nitrogen and oxygen atoms in total. The molecule has 0 saturated carbocycles. The number of hydrogen-bond acceptors (Lipinski definition) is 4. The summed E-state index contributed by atoms with van der Waals surface area (Å²) in [6, 6.07) is 12.9. The number of nitrogens with zero attached hydrogens (tertiary/aromatic N) is 2. The van der Waals surface area contributed by atoms with Gasteiger partial charge in [-0.3, -0.25) is 14.9 Å². The van der Waals surface area contributed by atoms with Crippen LogP contribution in [0.4, 0.5) is 5.69 Å². The number of nitrogens with one attached hydrogen (secondary N) is 1. The second-order valence-electron chi connectivity index (χ2n) is 4.37. The van der Waals surface area contributed by atoms with E-state index in [-0.39, 0.29) is 5.69 Å². The van der Waals surface area contributed by atoms with Crippen molar-refractivity contribution in [3.8, 4) is 0 Å². The van der Waals surface area contributed by atoms with E-state index in [9.17, 15) is 14.9 Å². The third-order valence-corrected chi connectivity index (χ3v) is 3.18. The van der Waals surface area contributed by atoms with Crippen LogP contribution >= 0.6 is 11.6 Å². The monoisotopic (exact) mass is 329 g/mol. The number of halogens is 1. The van der Waals surface area contributed by atoms with Crippen molar-refractivity contribution in [2.24, 2.45) is 5.10 Å². The molecule has 0 heterocycles. The van der Waals surface area contributed by atoms with Gasteiger partial charge in [-0.15, -0.1) is 0 Å². The quantitative estimate of drug-likeness (QED) is 0.516. The molecule has 0 aliphatic carbocycles. The molecule has 0 unspecified atom stereocenters. The molecule has 2 aromatic carbocycles. The maximum absolute atomic E-state index is 11.8. The van der Waals surface area contributed by atoms with Gasteiger partial charge in [0.1, 0.15) is 0 Å². The van der Waals surface area contributed by atoms with Gasteiger partial charge >= 0.3 is 0 Å². The van der Waals surface area contributed by atoms with Gasteiger partial charge in [-0.2, -0.15) is 5.10 Å². The van der Waals surface area contributed by atoms with Gasteiger partial charge < -0.3 is 0 Å². The highest BCUT2D eigenvalue weighted by molar-refractivity contribution is 6.33. The molecule has 0 aromatic heterocycles. The number of rotatable bonds is 5. The fraction of sp³-hybridized carbons (Fsp3) is 0. The summed E-state index contributed by atoms with van der Waals surface area (Å²) in [6.07, 6.45) is 4.35. The first kappa shape index (κ1) is 16.4. The summed E-state index contributed by atoms with van der Waals surface area (Å²) in [7, 11) is 0. The molecule has 0 radical (unpaired) electrons. The molecule has 0 atom stereocenters. The lowest BCUT2D eigenvalue weighted by Gasteiger charge is -2.00. The summed E-state index contributed by atoms with van der Waals surface area (Å²) in [5.74, 6) is -0.439. The smallest absolute Gasteiger partial charge is 0.267 e. The number of benzene rings is 2. The lowest BCUT2D eigenvalue weighted by molar-refractivity contribution is -0.385. The summed E-state index contributed by atoms with van der Waals surface area (Å²) >= 11 is 5.90. The number of nitro groups is 1. The van der Waals surface area contributed by atoms with E-state index in [4.69, 9.17) is 11.6 Å². The second-order valence-corrected chi connectivity index (χ2v) is 4.78. The molecule has 0 aliphatic rings. The van der Waals surface area contributed by atoms with E-state index >= 15 is 0 Å². The van der Waals surface area contributed by atoms with Gasteiger partial charge in [-0.25, -0.2) is 5.43 Å². The van der Waals surface area contributed by atoms with E-state index in [2.05, 4.69) is 10.5 Å². The molecule has 1 N–H and O–H groups in total. The first-order valence-electron chi connectivity index (χ1n) is 6.57. The van der Waals surface area contributed by atoms with E-state index in [1.54, 1.807) is 42.5 Å². The zero-order valence-corrected chi connectivity index (χ0v) is 12.6. The van der Waals surface area contributed by atoms with E-state index < -0.39 is 10.8 Å². The van der Waals surface area contributed by atoms with Crippen molar-refractivity contribution in [2.45, 2.75) is 0 Å². The molecule has 0 fully saturated rings. The van der Waals surface area contributed by atoms with Crippen molar-refractivity contribution in [1.82, 2.24) is 5.43 Å². The third-order valence-electron chi connectivity index (χ3n) is 2.85. The van der Waals surface area contributed by atoms with Gasteiger partial charge in [0.2, 0.25) is 0 Å². The van der Waals surface area contributed by atoms with Crippen molar-refractivity contribution in [1.29, 1.82) is 0 Å². The van der Waals surface area contributed by atoms with Crippen molar-refractivity contribution >= 4 is 35.5 Å². The van der Waals surface area contributed by atoms with Gasteiger partial charge in [0.25, 0.3) is 11.6 Å². The Kier molecular flexibility index (Phi) is 5.60. The molecule has 0 bridgehead atoms. The minimum absolute atomic E-state index is 0.00254. The zero-order chi connectivity index (χ0) is 16.7. The van der Waals surface area contributed by atoms with E-state index in [0.29, 0.717) is 16.1 Å². The Morgan fingerprint density at radius 1 is 1.17 bits per heavy atom. The summed E-state index contributed by atoms with van der Waals surface area (Å²) in [5.41, 5.74) is 3.08. The number of para-hydroxylation sites is 1. The second kappa shape index (κ2) is 7.86. The molecular weight excluding hydrogens is 318 g/mol. The Hall–Kier alpha value is -2.99. The number of carbonyl (C=O) groups excluding carboxylic acids is 1. The van der Waals surface area contributed by atoms with Gasteiger partial charge in [0.15, 0.2) is 0 Å². The Labute approximate surface area is 137 Å². The van der Waals surface area contributed by atoms with Crippen LogP contribution in [0.25, 0.3) is 6.08 Å². The van der Waals surface area contributed by atoms with E-state index in [1.807, 2.05) is 0 Å². The summed E-state index contributed by atoms with van der Waals surface area (Å²) in [5, 5.41) is 14.9. The highest BCUT2D eigenvalue weighted by atomic mass is 35.5. The lowest BCUT2D eigenvalue weighted by atomic mass is 10.2. The van der Waals surface area contributed by atoms with Crippen LogP contribution in [-0.4, -0.2) is 17.0 Å². The predicted octanol–water partition coefficient (Wildman–Crippen LogP) is 3.68. The molecule has 116 valence electrons. The number of hydrazone groups is 1. The molecule has 0 saturated heterocycles.